The van der Waals surface area contributed by atoms with Crippen molar-refractivity contribution in [3.05, 3.63) is 36.5 Å². The molecule has 1 unspecified atom stereocenters. The summed E-state index contributed by atoms with van der Waals surface area (Å²) in [5, 5.41) is 9.36. The molecular weight excluding hydrogens is 400 g/mol. The van der Waals surface area contributed by atoms with Crippen molar-refractivity contribution in [3.63, 3.8) is 0 Å². The highest BCUT2D eigenvalue weighted by Crippen LogP contribution is 2.09. The van der Waals surface area contributed by atoms with Crippen molar-refractivity contribution in [1.29, 1.82) is 0 Å². The van der Waals surface area contributed by atoms with Crippen LogP contribution in [-0.2, 0) is 14.3 Å². The Bertz CT molecular complexity index is 482. The van der Waals surface area contributed by atoms with E-state index in [0.29, 0.717) is 13.0 Å². The second-order valence-corrected chi connectivity index (χ2v) is 8.38. The lowest BCUT2D eigenvalue weighted by Gasteiger charge is -2.15. The van der Waals surface area contributed by atoms with Gasteiger partial charge in [-0.2, -0.15) is 0 Å². The monoisotopic (exact) mass is 450 g/mol. The van der Waals surface area contributed by atoms with Gasteiger partial charge >= 0.3 is 5.97 Å². The predicted molar refractivity (Wildman–Crippen MR) is 136 cm³/mol. The number of aliphatic hydroxyl groups excluding tert-OH is 1. The number of hydrogen-bond acceptors (Lipinski definition) is 4. The molecule has 0 aromatic heterocycles. The first-order valence-corrected chi connectivity index (χ1v) is 13.1. The molecule has 0 radical (unpaired) electrons. The van der Waals surface area contributed by atoms with Crippen molar-refractivity contribution in [2.75, 3.05) is 19.8 Å². The summed E-state index contributed by atoms with van der Waals surface area (Å²) < 4.78 is 10.9. The van der Waals surface area contributed by atoms with Crippen LogP contribution in [0.15, 0.2) is 36.5 Å². The van der Waals surface area contributed by atoms with E-state index in [4.69, 9.17) is 9.47 Å². The number of aliphatic hydroxyl groups is 1. The van der Waals surface area contributed by atoms with Crippen LogP contribution < -0.4 is 0 Å². The fraction of sp³-hybridized carbons (Fsp3) is 0.750. The molecular formula is C28H50O4. The van der Waals surface area contributed by atoms with Crippen LogP contribution in [0.3, 0.4) is 0 Å². The first kappa shape index (κ1) is 30.6. The molecule has 0 aliphatic rings. The number of hydrogen-bond donors (Lipinski definition) is 1. The van der Waals surface area contributed by atoms with Crippen LogP contribution in [0, 0.1) is 0 Å². The quantitative estimate of drug-likeness (QED) is 0.0996. The average molecular weight is 451 g/mol. The standard InChI is InChI=1S/C28H50O4/c1-3-5-7-9-10-11-12-13-14-15-16-17-18-19-20-22-24-31-26-27(25-29)32-28(30)23-21-8-6-4-2/h5,7,10-11,13-14,27,29H,3-4,6,8-9,12,15-26H2,1-2H3/b7-5-,11-10-,14-13-. The lowest BCUT2D eigenvalue weighted by atomic mass is 10.1. The maximum absolute atomic E-state index is 11.8. The van der Waals surface area contributed by atoms with Gasteiger partial charge in [0.2, 0.25) is 0 Å². The highest BCUT2D eigenvalue weighted by atomic mass is 16.6. The van der Waals surface area contributed by atoms with Crippen molar-refractivity contribution in [2.45, 2.75) is 116 Å². The zero-order valence-electron chi connectivity index (χ0n) is 20.9. The molecule has 0 amide bonds. The minimum absolute atomic E-state index is 0.179. The summed E-state index contributed by atoms with van der Waals surface area (Å²) in [5.41, 5.74) is 0. The van der Waals surface area contributed by atoms with Crippen molar-refractivity contribution in [2.24, 2.45) is 0 Å². The Kier molecular flexibility index (Phi) is 24.7. The number of allylic oxidation sites excluding steroid dienone is 6. The van der Waals surface area contributed by atoms with Gasteiger partial charge in [0.15, 0.2) is 0 Å². The van der Waals surface area contributed by atoms with Crippen molar-refractivity contribution < 1.29 is 19.4 Å². The minimum atomic E-state index is -0.532. The second-order valence-electron chi connectivity index (χ2n) is 8.38. The normalized spacial score (nSPS) is 13.0. The molecule has 0 saturated carbocycles. The molecule has 0 saturated heterocycles. The summed E-state index contributed by atoms with van der Waals surface area (Å²) in [4.78, 5) is 11.8. The molecule has 0 aromatic rings. The highest BCUT2D eigenvalue weighted by Gasteiger charge is 2.13. The zero-order chi connectivity index (χ0) is 23.5. The van der Waals surface area contributed by atoms with Crippen LogP contribution >= 0.6 is 0 Å². The number of carbonyl (C=O) groups excluding carboxylic acids is 1. The molecule has 0 spiro atoms. The zero-order valence-corrected chi connectivity index (χ0v) is 20.9. The molecule has 0 bridgehead atoms. The fourth-order valence-electron chi connectivity index (χ4n) is 3.28. The van der Waals surface area contributed by atoms with Crippen molar-refractivity contribution in [1.82, 2.24) is 0 Å². The number of carbonyl (C=O) groups is 1. The number of ether oxygens (including phenoxy) is 2. The van der Waals surface area contributed by atoms with E-state index in [2.05, 4.69) is 50.3 Å². The lowest BCUT2D eigenvalue weighted by Crippen LogP contribution is -2.27. The molecule has 4 nitrogen and oxygen atoms in total. The Labute approximate surface area is 198 Å². The number of unbranched alkanes of at least 4 members (excludes halogenated alkanes) is 9. The maximum Gasteiger partial charge on any atom is 0.306 e. The van der Waals surface area contributed by atoms with Crippen LogP contribution in [0.5, 0.6) is 0 Å². The molecule has 0 heterocycles. The summed E-state index contributed by atoms with van der Waals surface area (Å²) >= 11 is 0. The molecule has 4 heteroatoms. The van der Waals surface area contributed by atoms with E-state index in [1.54, 1.807) is 0 Å². The largest absolute Gasteiger partial charge is 0.457 e. The van der Waals surface area contributed by atoms with Gasteiger partial charge in [0.1, 0.15) is 6.10 Å². The third-order valence-electron chi connectivity index (χ3n) is 5.23. The number of esters is 1. The summed E-state index contributed by atoms with van der Waals surface area (Å²) in [6.45, 7) is 5.07. The van der Waals surface area contributed by atoms with Crippen LogP contribution in [0.4, 0.5) is 0 Å². The lowest BCUT2D eigenvalue weighted by molar-refractivity contribution is -0.154. The van der Waals surface area contributed by atoms with Crippen LogP contribution in [0.2, 0.25) is 0 Å². The predicted octanol–water partition coefficient (Wildman–Crippen LogP) is 7.47. The third-order valence-corrected chi connectivity index (χ3v) is 5.23. The van der Waals surface area contributed by atoms with Crippen LogP contribution in [0.1, 0.15) is 110 Å². The summed E-state index contributed by atoms with van der Waals surface area (Å²) in [6.07, 6.45) is 29.1. The minimum Gasteiger partial charge on any atom is -0.457 e. The van der Waals surface area contributed by atoms with Gasteiger partial charge in [-0.15, -0.1) is 0 Å². The molecule has 0 aliphatic carbocycles. The van der Waals surface area contributed by atoms with E-state index >= 15 is 0 Å². The summed E-state index contributed by atoms with van der Waals surface area (Å²) in [6, 6.07) is 0. The first-order chi connectivity index (χ1) is 15.7. The Hall–Kier alpha value is -1.39. The van der Waals surface area contributed by atoms with Gasteiger partial charge in [-0.1, -0.05) is 95.2 Å². The molecule has 0 fully saturated rings. The highest BCUT2D eigenvalue weighted by molar-refractivity contribution is 5.69. The van der Waals surface area contributed by atoms with E-state index < -0.39 is 6.10 Å². The topological polar surface area (TPSA) is 55.8 Å². The molecule has 186 valence electrons. The molecule has 0 aromatic carbocycles. The van der Waals surface area contributed by atoms with E-state index in [-0.39, 0.29) is 19.2 Å². The van der Waals surface area contributed by atoms with Crippen molar-refractivity contribution in [3.8, 4) is 0 Å². The summed E-state index contributed by atoms with van der Waals surface area (Å²) in [7, 11) is 0. The van der Waals surface area contributed by atoms with E-state index in [0.717, 1.165) is 57.8 Å². The first-order valence-electron chi connectivity index (χ1n) is 13.1. The Morgan fingerprint density at radius 3 is 2.09 bits per heavy atom. The summed E-state index contributed by atoms with van der Waals surface area (Å²) in [5.74, 6) is -0.227. The van der Waals surface area contributed by atoms with Gasteiger partial charge in [-0.05, 0) is 44.9 Å². The molecule has 1 atom stereocenters. The molecule has 32 heavy (non-hydrogen) atoms. The Morgan fingerprint density at radius 2 is 1.41 bits per heavy atom. The van der Waals surface area contributed by atoms with E-state index in [1.807, 2.05) is 0 Å². The maximum atomic E-state index is 11.8. The van der Waals surface area contributed by atoms with Gasteiger partial charge in [0.05, 0.1) is 13.2 Å². The van der Waals surface area contributed by atoms with E-state index in [1.165, 1.54) is 32.1 Å². The second kappa shape index (κ2) is 25.9. The van der Waals surface area contributed by atoms with Gasteiger partial charge in [-0.3, -0.25) is 4.79 Å². The third kappa shape index (κ3) is 23.3. The van der Waals surface area contributed by atoms with Crippen LogP contribution in [-0.4, -0.2) is 37.0 Å². The molecule has 0 rings (SSSR count). The number of rotatable bonds is 23. The molecule has 0 aliphatic heterocycles. The van der Waals surface area contributed by atoms with Gasteiger partial charge < -0.3 is 14.6 Å². The van der Waals surface area contributed by atoms with Crippen LogP contribution in [0.25, 0.3) is 0 Å². The van der Waals surface area contributed by atoms with Crippen molar-refractivity contribution >= 4 is 5.97 Å². The van der Waals surface area contributed by atoms with Gasteiger partial charge in [0.25, 0.3) is 0 Å². The smallest absolute Gasteiger partial charge is 0.306 e. The van der Waals surface area contributed by atoms with Gasteiger partial charge in [-0.25, -0.2) is 0 Å². The van der Waals surface area contributed by atoms with E-state index in [9.17, 15) is 9.90 Å². The SMILES string of the molecule is CC/C=C\C/C=C\C/C=C\CCCCCCCCOCC(CO)OC(=O)CCCCCC. The fourth-order valence-corrected chi connectivity index (χ4v) is 3.28. The molecule has 1 N–H and O–H groups in total. The average Bonchev–Trinajstić information content (AvgIpc) is 2.80. The van der Waals surface area contributed by atoms with Gasteiger partial charge in [0, 0.05) is 13.0 Å². The Morgan fingerprint density at radius 1 is 0.781 bits per heavy atom. The Balaban J connectivity index is 3.45.